The summed E-state index contributed by atoms with van der Waals surface area (Å²) >= 11 is 0. The average Bonchev–Trinajstić information content (AvgIpc) is 3.58. The van der Waals surface area contributed by atoms with E-state index >= 15 is 0 Å². The molecule has 0 radical (unpaired) electrons. The first-order valence-corrected chi connectivity index (χ1v) is 13.8. The minimum atomic E-state index is 0.679. The minimum Gasteiger partial charge on any atom is -0.330 e. The molecule has 4 fully saturated rings. The predicted octanol–water partition coefficient (Wildman–Crippen LogP) is 5.86. The third-order valence-corrected chi connectivity index (χ3v) is 10.6. The van der Waals surface area contributed by atoms with Crippen LogP contribution in [0.25, 0.3) is 0 Å². The van der Waals surface area contributed by atoms with Crippen LogP contribution in [-0.2, 0) is 0 Å². The molecule has 10 atom stereocenters. The molecule has 2 nitrogen and oxygen atoms in total. The van der Waals surface area contributed by atoms with Gasteiger partial charge in [-0.2, -0.15) is 0 Å². The molecule has 6 aliphatic rings. The maximum Gasteiger partial charge on any atom is 0.0145 e. The number of rotatable bonds is 5. The second-order valence-corrected chi connectivity index (χ2v) is 12.0. The summed E-state index contributed by atoms with van der Waals surface area (Å²) < 4.78 is 0. The first-order valence-electron chi connectivity index (χ1n) is 13.8. The highest BCUT2D eigenvalue weighted by Crippen LogP contribution is 2.58. The van der Waals surface area contributed by atoms with E-state index in [9.17, 15) is 0 Å². The molecule has 2 heteroatoms. The van der Waals surface area contributed by atoms with Crippen molar-refractivity contribution in [3.8, 4) is 0 Å². The zero-order valence-corrected chi connectivity index (χ0v) is 19.4. The summed E-state index contributed by atoms with van der Waals surface area (Å²) in [6.07, 6.45) is 28.7. The molecule has 5 aliphatic carbocycles. The summed E-state index contributed by atoms with van der Waals surface area (Å²) in [5.74, 6) is 8.17. The third-order valence-electron chi connectivity index (χ3n) is 10.6. The fourth-order valence-corrected chi connectivity index (χ4v) is 8.57. The normalized spacial score (nSPS) is 49.1. The van der Waals surface area contributed by atoms with Gasteiger partial charge in [-0.1, -0.05) is 43.2 Å². The Balaban J connectivity index is 1.09. The molecule has 170 valence electrons. The van der Waals surface area contributed by atoms with Gasteiger partial charge < -0.3 is 11.1 Å². The molecule has 0 aromatic rings. The Bertz CT molecular complexity index is 731. The lowest BCUT2D eigenvalue weighted by molar-refractivity contribution is 0.0161. The van der Waals surface area contributed by atoms with Gasteiger partial charge in [0.1, 0.15) is 0 Å². The number of allylic oxidation sites excluding steroid dienone is 5. The van der Waals surface area contributed by atoms with Crippen molar-refractivity contribution in [2.75, 3.05) is 13.1 Å². The van der Waals surface area contributed by atoms with Crippen LogP contribution in [0.15, 0.2) is 36.0 Å². The van der Waals surface area contributed by atoms with E-state index in [1.165, 1.54) is 77.2 Å². The molecule has 6 rings (SSSR count). The summed E-state index contributed by atoms with van der Waals surface area (Å²) in [7, 11) is 0. The SMILES string of the molecule is NCC1CC1C1CCC(C2C=CC(C3=CCC(C4CCN4)C=C3)CC2)C2CCCCC21. The number of hydrogen-bond donors (Lipinski definition) is 2. The summed E-state index contributed by atoms with van der Waals surface area (Å²) in [5, 5.41) is 3.59. The average molecular weight is 421 g/mol. The Morgan fingerprint density at radius 2 is 1.55 bits per heavy atom. The van der Waals surface area contributed by atoms with E-state index in [2.05, 4.69) is 35.7 Å². The Hall–Kier alpha value is -0.860. The van der Waals surface area contributed by atoms with Crippen LogP contribution in [0.2, 0.25) is 0 Å². The summed E-state index contributed by atoms with van der Waals surface area (Å²) in [6.45, 7) is 2.16. The summed E-state index contributed by atoms with van der Waals surface area (Å²) in [6, 6.07) is 0.745. The Kier molecular flexibility index (Phi) is 5.90. The van der Waals surface area contributed by atoms with Gasteiger partial charge in [-0.05, 0) is 124 Å². The van der Waals surface area contributed by atoms with Crippen LogP contribution in [0, 0.1) is 53.3 Å². The van der Waals surface area contributed by atoms with Gasteiger partial charge in [-0.3, -0.25) is 0 Å². The molecule has 0 bridgehead atoms. The highest BCUT2D eigenvalue weighted by molar-refractivity contribution is 5.31. The van der Waals surface area contributed by atoms with Crippen molar-refractivity contribution in [2.45, 2.75) is 76.7 Å². The lowest BCUT2D eigenvalue weighted by Gasteiger charge is -2.49. The lowest BCUT2D eigenvalue weighted by Crippen LogP contribution is -2.47. The van der Waals surface area contributed by atoms with E-state index in [0.717, 1.165) is 59.9 Å². The van der Waals surface area contributed by atoms with E-state index < -0.39 is 0 Å². The molecule has 3 saturated carbocycles. The quantitative estimate of drug-likeness (QED) is 0.547. The molecule has 0 spiro atoms. The number of nitrogens with one attached hydrogen (secondary N) is 1. The van der Waals surface area contributed by atoms with Crippen molar-refractivity contribution in [3.63, 3.8) is 0 Å². The third kappa shape index (κ3) is 4.01. The van der Waals surface area contributed by atoms with Crippen molar-refractivity contribution in [1.29, 1.82) is 0 Å². The van der Waals surface area contributed by atoms with E-state index in [4.69, 9.17) is 5.73 Å². The van der Waals surface area contributed by atoms with Crippen molar-refractivity contribution in [2.24, 2.45) is 59.0 Å². The molecule has 10 unspecified atom stereocenters. The minimum absolute atomic E-state index is 0.679. The molecule has 1 saturated heterocycles. The monoisotopic (exact) mass is 420 g/mol. The molecule has 0 amide bonds. The van der Waals surface area contributed by atoms with Gasteiger partial charge in [0.2, 0.25) is 0 Å². The van der Waals surface area contributed by atoms with Gasteiger partial charge >= 0.3 is 0 Å². The van der Waals surface area contributed by atoms with Gasteiger partial charge in [0.05, 0.1) is 0 Å². The zero-order chi connectivity index (χ0) is 20.8. The fraction of sp³-hybridized carbons (Fsp3) is 0.793. The van der Waals surface area contributed by atoms with Crippen LogP contribution in [0.4, 0.5) is 0 Å². The lowest BCUT2D eigenvalue weighted by atomic mass is 9.56. The maximum atomic E-state index is 6.03. The largest absolute Gasteiger partial charge is 0.330 e. The summed E-state index contributed by atoms with van der Waals surface area (Å²) in [4.78, 5) is 0. The van der Waals surface area contributed by atoms with E-state index in [0.29, 0.717) is 5.92 Å². The van der Waals surface area contributed by atoms with Gasteiger partial charge in [-0.25, -0.2) is 0 Å². The van der Waals surface area contributed by atoms with Crippen LogP contribution in [0.3, 0.4) is 0 Å². The highest BCUT2D eigenvalue weighted by Gasteiger charge is 2.51. The van der Waals surface area contributed by atoms with Gasteiger partial charge in [0, 0.05) is 12.0 Å². The highest BCUT2D eigenvalue weighted by atomic mass is 15.0. The Morgan fingerprint density at radius 1 is 0.774 bits per heavy atom. The van der Waals surface area contributed by atoms with Gasteiger partial charge in [-0.15, -0.1) is 0 Å². The van der Waals surface area contributed by atoms with E-state index in [1.807, 2.05) is 0 Å². The Morgan fingerprint density at radius 3 is 2.16 bits per heavy atom. The smallest absolute Gasteiger partial charge is 0.0145 e. The number of fused-ring (bicyclic) bond motifs is 1. The molecular formula is C29H44N2. The molecule has 1 heterocycles. The van der Waals surface area contributed by atoms with Gasteiger partial charge in [0.25, 0.3) is 0 Å². The van der Waals surface area contributed by atoms with Crippen LogP contribution < -0.4 is 11.1 Å². The van der Waals surface area contributed by atoms with Crippen molar-refractivity contribution < 1.29 is 0 Å². The first kappa shape index (κ1) is 20.7. The van der Waals surface area contributed by atoms with E-state index in [1.54, 1.807) is 5.57 Å². The zero-order valence-electron chi connectivity index (χ0n) is 19.4. The first-order chi connectivity index (χ1) is 15.3. The predicted molar refractivity (Wildman–Crippen MR) is 129 cm³/mol. The molecule has 1 aliphatic heterocycles. The van der Waals surface area contributed by atoms with Crippen molar-refractivity contribution in [3.05, 3.63) is 36.0 Å². The standard InChI is InChI=1S/C29H44N2/c30-18-23-17-28(23)27-14-13-24(25-3-1-2-4-26(25)27)21-9-5-19(6-10-21)20-7-11-22(12-8-20)29-15-16-31-29/h5,7-9,11,19,21-29,31H,1-4,6,10,12-18,30H2. The molecule has 31 heavy (non-hydrogen) atoms. The van der Waals surface area contributed by atoms with Gasteiger partial charge in [0.15, 0.2) is 0 Å². The fourth-order valence-electron chi connectivity index (χ4n) is 8.57. The molecule has 0 aromatic carbocycles. The second kappa shape index (κ2) is 8.82. The second-order valence-electron chi connectivity index (χ2n) is 12.0. The van der Waals surface area contributed by atoms with Crippen molar-refractivity contribution in [1.82, 2.24) is 5.32 Å². The van der Waals surface area contributed by atoms with Crippen molar-refractivity contribution >= 4 is 0 Å². The van der Waals surface area contributed by atoms with Crippen LogP contribution in [-0.4, -0.2) is 19.1 Å². The summed E-state index contributed by atoms with van der Waals surface area (Å²) in [5.41, 5.74) is 7.63. The van der Waals surface area contributed by atoms with Crippen LogP contribution in [0.1, 0.15) is 70.6 Å². The molecule has 0 aromatic heterocycles. The molecular weight excluding hydrogens is 376 g/mol. The number of nitrogens with two attached hydrogens (primary N) is 1. The number of hydrogen-bond acceptors (Lipinski definition) is 2. The van der Waals surface area contributed by atoms with Crippen LogP contribution in [0.5, 0.6) is 0 Å². The Labute approximate surface area is 190 Å². The van der Waals surface area contributed by atoms with E-state index in [-0.39, 0.29) is 0 Å². The maximum absolute atomic E-state index is 6.03. The molecule has 3 N–H and O–H groups in total. The topological polar surface area (TPSA) is 38.0 Å². The van der Waals surface area contributed by atoms with Crippen LogP contribution >= 0.6 is 0 Å².